The first kappa shape index (κ1) is 28.8. The Morgan fingerprint density at radius 3 is 2.49 bits per heavy atom. The average Bonchev–Trinajstić information content (AvgIpc) is 3.38. The van der Waals surface area contributed by atoms with Gasteiger partial charge in [0.1, 0.15) is 11.4 Å². The van der Waals surface area contributed by atoms with Crippen LogP contribution in [0.25, 0.3) is 10.4 Å². The van der Waals surface area contributed by atoms with Crippen molar-refractivity contribution < 1.29 is 19.1 Å². The monoisotopic (exact) mass is 574 g/mol. The minimum atomic E-state index is -0.540. The van der Waals surface area contributed by atoms with Gasteiger partial charge in [-0.1, -0.05) is 42.8 Å². The van der Waals surface area contributed by atoms with E-state index < -0.39 is 5.41 Å². The second-order valence-electron chi connectivity index (χ2n) is 11.0. The number of fused-ring (bicyclic) bond motifs is 1. The fourth-order valence-electron chi connectivity index (χ4n) is 5.70. The average molecular weight is 575 g/mol. The molecule has 1 aromatic heterocycles. The van der Waals surface area contributed by atoms with Gasteiger partial charge in [0.15, 0.2) is 0 Å². The highest BCUT2D eigenvalue weighted by Gasteiger charge is 2.42. The van der Waals surface area contributed by atoms with Gasteiger partial charge in [-0.25, -0.2) is 4.98 Å². The molecule has 5 rings (SSSR count). The Labute approximate surface area is 245 Å². The van der Waals surface area contributed by atoms with E-state index in [-0.39, 0.29) is 17.7 Å². The summed E-state index contributed by atoms with van der Waals surface area (Å²) < 4.78 is 5.95. The van der Waals surface area contributed by atoms with E-state index in [9.17, 15) is 14.4 Å². The number of hydrogen-bond donors (Lipinski definition) is 2. The molecule has 41 heavy (non-hydrogen) atoms. The van der Waals surface area contributed by atoms with Crippen molar-refractivity contribution >= 4 is 29.1 Å². The Hall–Kier alpha value is -3.72. The minimum Gasteiger partial charge on any atom is -0.493 e. The van der Waals surface area contributed by atoms with Crippen LogP contribution in [0.1, 0.15) is 69.9 Å². The van der Waals surface area contributed by atoms with Crippen LogP contribution >= 0.6 is 11.3 Å². The minimum absolute atomic E-state index is 0.0502. The summed E-state index contributed by atoms with van der Waals surface area (Å²) in [6.07, 6.45) is 4.12. The second kappa shape index (κ2) is 12.9. The smallest absolute Gasteiger partial charge is 0.273 e. The van der Waals surface area contributed by atoms with E-state index in [0.717, 1.165) is 33.9 Å². The van der Waals surface area contributed by atoms with Crippen LogP contribution in [0.5, 0.6) is 5.75 Å². The first-order valence-corrected chi connectivity index (χ1v) is 15.3. The van der Waals surface area contributed by atoms with Crippen molar-refractivity contribution in [3.8, 4) is 16.2 Å². The number of hydrogen-bond acceptors (Lipinski definition) is 6. The zero-order valence-electron chi connectivity index (χ0n) is 23.8. The molecule has 0 unspecified atom stereocenters. The SMILES string of the molecule is Cc1ccc2c(c1)OCCCNC(=O)C1(CCCCNC2=O)CCN(C(=O)c2nc(C)sc2-c2ccccc2)CC1. The van der Waals surface area contributed by atoms with Gasteiger partial charge >= 0.3 is 0 Å². The van der Waals surface area contributed by atoms with Gasteiger partial charge in [-0.3, -0.25) is 14.4 Å². The van der Waals surface area contributed by atoms with Gasteiger partial charge in [-0.05, 0) is 69.2 Å². The number of rotatable bonds is 2. The number of aryl methyl sites for hydroxylation is 2. The van der Waals surface area contributed by atoms with Crippen LogP contribution in [-0.2, 0) is 4.79 Å². The Bertz CT molecular complexity index is 1400. The molecule has 1 spiro atoms. The lowest BCUT2D eigenvalue weighted by atomic mass is 9.73. The molecule has 0 saturated carbocycles. The number of likely N-dealkylation sites (tertiary alicyclic amines) is 1. The summed E-state index contributed by atoms with van der Waals surface area (Å²) in [6, 6.07) is 15.5. The molecule has 2 aliphatic heterocycles. The van der Waals surface area contributed by atoms with Crippen LogP contribution in [0.15, 0.2) is 48.5 Å². The van der Waals surface area contributed by atoms with Crippen molar-refractivity contribution in [3.05, 3.63) is 70.4 Å². The number of ether oxygens (including phenoxy) is 1. The first-order chi connectivity index (χ1) is 19.9. The molecule has 3 aromatic rings. The molecule has 1 saturated heterocycles. The quantitative estimate of drug-likeness (QED) is 0.441. The number of piperidine rings is 1. The molecule has 2 N–H and O–H groups in total. The summed E-state index contributed by atoms with van der Waals surface area (Å²) in [5.74, 6) is 0.408. The fraction of sp³-hybridized carbons (Fsp3) is 0.438. The first-order valence-electron chi connectivity index (χ1n) is 14.5. The molecule has 2 aliphatic rings. The molecule has 216 valence electrons. The van der Waals surface area contributed by atoms with Crippen LogP contribution in [-0.4, -0.2) is 60.4 Å². The number of benzene rings is 2. The molecule has 0 radical (unpaired) electrons. The maximum atomic E-state index is 13.6. The van der Waals surface area contributed by atoms with E-state index in [4.69, 9.17) is 4.74 Å². The van der Waals surface area contributed by atoms with Crippen molar-refractivity contribution in [2.45, 2.75) is 52.4 Å². The Balaban J connectivity index is 1.25. The third-order valence-electron chi connectivity index (χ3n) is 8.08. The summed E-state index contributed by atoms with van der Waals surface area (Å²) in [7, 11) is 0. The van der Waals surface area contributed by atoms with E-state index in [1.807, 2.05) is 61.2 Å². The van der Waals surface area contributed by atoms with Gasteiger partial charge < -0.3 is 20.3 Å². The Morgan fingerprint density at radius 1 is 0.951 bits per heavy atom. The largest absolute Gasteiger partial charge is 0.493 e. The Morgan fingerprint density at radius 2 is 1.71 bits per heavy atom. The highest BCUT2D eigenvalue weighted by molar-refractivity contribution is 7.15. The third kappa shape index (κ3) is 6.62. The molecule has 0 aliphatic carbocycles. The van der Waals surface area contributed by atoms with Crippen molar-refractivity contribution in [2.24, 2.45) is 5.41 Å². The van der Waals surface area contributed by atoms with E-state index in [1.165, 1.54) is 11.3 Å². The molecule has 3 amide bonds. The maximum Gasteiger partial charge on any atom is 0.273 e. The van der Waals surface area contributed by atoms with Crippen LogP contribution in [0.2, 0.25) is 0 Å². The van der Waals surface area contributed by atoms with Gasteiger partial charge in [-0.15, -0.1) is 11.3 Å². The molecule has 0 bridgehead atoms. The van der Waals surface area contributed by atoms with E-state index in [1.54, 1.807) is 6.07 Å². The van der Waals surface area contributed by atoms with Gasteiger partial charge in [-0.2, -0.15) is 0 Å². The van der Waals surface area contributed by atoms with Crippen molar-refractivity contribution in [2.75, 3.05) is 32.8 Å². The molecule has 1 fully saturated rings. The molecule has 2 aromatic carbocycles. The lowest BCUT2D eigenvalue weighted by molar-refractivity contribution is -0.134. The highest BCUT2D eigenvalue weighted by atomic mass is 32.1. The van der Waals surface area contributed by atoms with Crippen LogP contribution in [0.3, 0.4) is 0 Å². The van der Waals surface area contributed by atoms with E-state index >= 15 is 0 Å². The predicted molar refractivity (Wildman–Crippen MR) is 160 cm³/mol. The van der Waals surface area contributed by atoms with Crippen LogP contribution in [0.4, 0.5) is 0 Å². The van der Waals surface area contributed by atoms with Gasteiger partial charge in [0.2, 0.25) is 5.91 Å². The standard InChI is InChI=1S/C32H38N4O4S/c1-22-11-12-25-26(21-22)40-20-8-17-34-31(39)32(13-6-7-16-33-29(25)37)14-18-36(19-15-32)30(38)27-28(41-23(2)35-27)24-9-4-3-5-10-24/h3-5,9-12,21H,6-8,13-20H2,1-2H3,(H,33,37)(H,34,39). The Kier molecular flexibility index (Phi) is 9.03. The molecule has 8 nitrogen and oxygen atoms in total. The zero-order chi connectivity index (χ0) is 28.8. The number of nitrogens with zero attached hydrogens (tertiary/aromatic N) is 2. The zero-order valence-corrected chi connectivity index (χ0v) is 24.6. The maximum absolute atomic E-state index is 13.6. The fourth-order valence-corrected chi connectivity index (χ4v) is 6.62. The highest BCUT2D eigenvalue weighted by Crippen LogP contribution is 2.38. The molecular weight excluding hydrogens is 536 g/mol. The van der Waals surface area contributed by atoms with Crippen molar-refractivity contribution in [3.63, 3.8) is 0 Å². The number of thiazole rings is 1. The van der Waals surface area contributed by atoms with E-state index in [0.29, 0.717) is 75.5 Å². The summed E-state index contributed by atoms with van der Waals surface area (Å²) >= 11 is 1.53. The topological polar surface area (TPSA) is 101 Å². The normalized spacial score (nSPS) is 18.3. The van der Waals surface area contributed by atoms with Gasteiger partial charge in [0.05, 0.1) is 27.5 Å². The lowest BCUT2D eigenvalue weighted by Gasteiger charge is -2.40. The number of carbonyl (C=O) groups excluding carboxylic acids is 3. The number of amides is 3. The molecule has 0 atom stereocenters. The van der Waals surface area contributed by atoms with Crippen molar-refractivity contribution in [1.29, 1.82) is 0 Å². The summed E-state index contributed by atoms with van der Waals surface area (Å²) in [5, 5.41) is 7.02. The second-order valence-corrected chi connectivity index (χ2v) is 12.2. The summed E-state index contributed by atoms with van der Waals surface area (Å²) in [5.41, 5.74) is 2.50. The summed E-state index contributed by atoms with van der Waals surface area (Å²) in [4.78, 5) is 47.4. The molecular formula is C32H38N4O4S. The lowest BCUT2D eigenvalue weighted by Crippen LogP contribution is -2.50. The summed E-state index contributed by atoms with van der Waals surface area (Å²) in [6.45, 7) is 6.32. The number of nitrogens with one attached hydrogen (secondary N) is 2. The molecule has 3 heterocycles. The third-order valence-corrected chi connectivity index (χ3v) is 9.10. The molecule has 9 heteroatoms. The van der Waals surface area contributed by atoms with Crippen LogP contribution < -0.4 is 15.4 Å². The van der Waals surface area contributed by atoms with Gasteiger partial charge in [0, 0.05) is 26.2 Å². The predicted octanol–water partition coefficient (Wildman–Crippen LogP) is 5.15. The number of aromatic nitrogens is 1. The van der Waals surface area contributed by atoms with Crippen LogP contribution in [0, 0.1) is 19.3 Å². The van der Waals surface area contributed by atoms with Gasteiger partial charge in [0.25, 0.3) is 11.8 Å². The van der Waals surface area contributed by atoms with Crippen molar-refractivity contribution in [1.82, 2.24) is 20.5 Å². The number of carbonyl (C=O) groups is 3. The van der Waals surface area contributed by atoms with E-state index in [2.05, 4.69) is 15.6 Å².